The van der Waals surface area contributed by atoms with E-state index in [1.54, 1.807) is 0 Å². The van der Waals surface area contributed by atoms with Gasteiger partial charge in [-0.05, 0) is 34.0 Å². The minimum Gasteiger partial charge on any atom is -0.460 e. The van der Waals surface area contributed by atoms with Gasteiger partial charge in [0.2, 0.25) is 0 Å². The van der Waals surface area contributed by atoms with Crippen LogP contribution < -0.4 is 0 Å². The molecule has 0 radical (unpaired) electrons. The van der Waals surface area contributed by atoms with Crippen molar-refractivity contribution in [2.24, 2.45) is 0 Å². The molecule has 0 N–H and O–H groups in total. The van der Waals surface area contributed by atoms with Gasteiger partial charge in [-0.25, -0.2) is 4.79 Å². The van der Waals surface area contributed by atoms with Crippen LogP contribution in [0.5, 0.6) is 0 Å². The first kappa shape index (κ1) is 15.5. The number of carbonyl (C=O) groups excluding carboxylic acids is 1. The van der Waals surface area contributed by atoms with Crippen LogP contribution in [-0.4, -0.2) is 25.8 Å². The van der Waals surface area contributed by atoms with Gasteiger partial charge < -0.3 is 9.47 Å². The third kappa shape index (κ3) is 3.35. The van der Waals surface area contributed by atoms with Crippen LogP contribution in [-0.2, 0) is 9.47 Å². The molecule has 0 aliphatic rings. The van der Waals surface area contributed by atoms with Gasteiger partial charge in [0, 0.05) is 6.61 Å². The highest BCUT2D eigenvalue weighted by Gasteiger charge is 2.15. The quantitative estimate of drug-likeness (QED) is 0.380. The van der Waals surface area contributed by atoms with Crippen LogP contribution in [0.3, 0.4) is 0 Å². The molecule has 3 heteroatoms. The molecule has 0 aliphatic heterocycles. The molecule has 3 aromatic carbocycles. The number of rotatable bonds is 6. The highest BCUT2D eigenvalue weighted by molar-refractivity contribution is 6.16. The Hall–Kier alpha value is -2.39. The zero-order valence-electron chi connectivity index (χ0n) is 13.2. The number of esters is 1. The normalized spacial score (nSPS) is 11.0. The summed E-state index contributed by atoms with van der Waals surface area (Å²) in [4.78, 5) is 12.6. The first-order valence-corrected chi connectivity index (χ1v) is 7.96. The van der Waals surface area contributed by atoms with Gasteiger partial charge in [-0.3, -0.25) is 0 Å². The Morgan fingerprint density at radius 3 is 2.09 bits per heavy atom. The largest absolute Gasteiger partial charge is 0.460 e. The molecule has 3 aromatic rings. The zero-order valence-corrected chi connectivity index (χ0v) is 13.2. The van der Waals surface area contributed by atoms with Crippen molar-refractivity contribution < 1.29 is 14.3 Å². The Morgan fingerprint density at radius 1 is 0.870 bits per heavy atom. The van der Waals surface area contributed by atoms with Gasteiger partial charge in [0.15, 0.2) is 0 Å². The zero-order chi connectivity index (χ0) is 16.1. The Kier molecular flexibility index (Phi) is 4.89. The van der Waals surface area contributed by atoms with Gasteiger partial charge in [-0.1, -0.05) is 55.5 Å². The van der Waals surface area contributed by atoms with E-state index in [4.69, 9.17) is 9.47 Å². The highest BCUT2D eigenvalue weighted by atomic mass is 16.6. The number of carbonyl (C=O) groups is 1. The number of hydrogen-bond donors (Lipinski definition) is 0. The first-order chi connectivity index (χ1) is 11.3. The summed E-state index contributed by atoms with van der Waals surface area (Å²) >= 11 is 0. The molecule has 0 saturated carbocycles. The first-order valence-electron chi connectivity index (χ1n) is 7.96. The van der Waals surface area contributed by atoms with Crippen LogP contribution in [0.25, 0.3) is 21.5 Å². The van der Waals surface area contributed by atoms with Gasteiger partial charge in [0.1, 0.15) is 6.61 Å². The fourth-order valence-electron chi connectivity index (χ4n) is 2.75. The van der Waals surface area contributed by atoms with Gasteiger partial charge in [-0.2, -0.15) is 0 Å². The van der Waals surface area contributed by atoms with Crippen molar-refractivity contribution in [3.05, 3.63) is 60.2 Å². The number of ether oxygens (including phenoxy) is 2. The molecule has 0 unspecified atom stereocenters. The number of benzene rings is 3. The monoisotopic (exact) mass is 308 g/mol. The van der Waals surface area contributed by atoms with Crippen LogP contribution in [0.15, 0.2) is 54.6 Å². The molecule has 0 aromatic heterocycles. The smallest absolute Gasteiger partial charge is 0.339 e. The summed E-state index contributed by atoms with van der Waals surface area (Å²) in [5, 5.41) is 3.93. The highest BCUT2D eigenvalue weighted by Crippen LogP contribution is 2.28. The lowest BCUT2D eigenvalue weighted by Gasteiger charge is -2.11. The maximum atomic E-state index is 12.6. The summed E-state index contributed by atoms with van der Waals surface area (Å²) in [7, 11) is 0. The van der Waals surface area contributed by atoms with Crippen LogP contribution in [0, 0.1) is 0 Å². The molecule has 0 bridgehead atoms. The lowest BCUT2D eigenvalue weighted by molar-refractivity contribution is 0.0322. The predicted octanol–water partition coefficient (Wildman–Crippen LogP) is 4.58. The average molecular weight is 308 g/mol. The van der Waals surface area contributed by atoms with E-state index in [0.717, 1.165) is 28.0 Å². The van der Waals surface area contributed by atoms with E-state index in [2.05, 4.69) is 6.07 Å². The van der Waals surface area contributed by atoms with E-state index >= 15 is 0 Å². The molecular weight excluding hydrogens is 288 g/mol. The second-order valence-corrected chi connectivity index (χ2v) is 5.44. The summed E-state index contributed by atoms with van der Waals surface area (Å²) in [6, 6.07) is 17.9. The third-order valence-electron chi connectivity index (χ3n) is 3.78. The Morgan fingerprint density at radius 2 is 1.48 bits per heavy atom. The predicted molar refractivity (Wildman–Crippen MR) is 92.8 cm³/mol. The summed E-state index contributed by atoms with van der Waals surface area (Å²) in [5.74, 6) is -0.293. The van der Waals surface area contributed by atoms with Gasteiger partial charge in [0.05, 0.1) is 12.2 Å². The Balaban J connectivity index is 1.95. The number of fused-ring (bicyclic) bond motifs is 2. The molecule has 23 heavy (non-hydrogen) atoms. The minimum atomic E-state index is -0.293. The van der Waals surface area contributed by atoms with Crippen molar-refractivity contribution in [3.63, 3.8) is 0 Å². The van der Waals surface area contributed by atoms with Crippen molar-refractivity contribution >= 4 is 27.5 Å². The van der Waals surface area contributed by atoms with E-state index in [0.29, 0.717) is 18.8 Å². The van der Waals surface area contributed by atoms with E-state index in [-0.39, 0.29) is 12.6 Å². The van der Waals surface area contributed by atoms with Crippen LogP contribution >= 0.6 is 0 Å². The van der Waals surface area contributed by atoms with Crippen LogP contribution in [0.2, 0.25) is 0 Å². The van der Waals surface area contributed by atoms with Crippen molar-refractivity contribution in [3.8, 4) is 0 Å². The van der Waals surface area contributed by atoms with Gasteiger partial charge in [-0.15, -0.1) is 0 Å². The lowest BCUT2D eigenvalue weighted by atomic mass is 9.97. The molecule has 0 fully saturated rings. The summed E-state index contributed by atoms with van der Waals surface area (Å²) in [6.45, 7) is 3.45. The topological polar surface area (TPSA) is 35.5 Å². The standard InChI is InChI=1S/C20H20O3/c1-2-11-22-12-13-23-20(21)19-17-9-5-3-7-15(17)14-16-8-4-6-10-18(16)19/h3-10,14H,2,11-13H2,1H3. The van der Waals surface area contributed by atoms with E-state index in [1.165, 1.54) is 0 Å². The third-order valence-corrected chi connectivity index (χ3v) is 3.78. The van der Waals surface area contributed by atoms with Crippen molar-refractivity contribution in [1.29, 1.82) is 0 Å². The minimum absolute atomic E-state index is 0.274. The van der Waals surface area contributed by atoms with Crippen LogP contribution in [0.4, 0.5) is 0 Å². The summed E-state index contributed by atoms with van der Waals surface area (Å²) < 4.78 is 10.8. The molecule has 3 rings (SSSR count). The fourth-order valence-corrected chi connectivity index (χ4v) is 2.75. The molecule has 118 valence electrons. The van der Waals surface area contributed by atoms with E-state index < -0.39 is 0 Å². The second kappa shape index (κ2) is 7.25. The van der Waals surface area contributed by atoms with Crippen molar-refractivity contribution in [2.75, 3.05) is 19.8 Å². The van der Waals surface area contributed by atoms with E-state index in [9.17, 15) is 4.79 Å². The molecule has 0 aliphatic carbocycles. The average Bonchev–Trinajstić information content (AvgIpc) is 2.59. The molecule has 0 saturated heterocycles. The lowest BCUT2D eigenvalue weighted by Crippen LogP contribution is -2.12. The molecule has 0 atom stereocenters. The molecular formula is C20H20O3. The van der Waals surface area contributed by atoms with Gasteiger partial charge >= 0.3 is 5.97 Å². The van der Waals surface area contributed by atoms with Gasteiger partial charge in [0.25, 0.3) is 0 Å². The molecule has 0 heterocycles. The summed E-state index contributed by atoms with van der Waals surface area (Å²) in [5.41, 5.74) is 0.634. The Bertz CT molecular complexity index is 769. The molecule has 0 spiro atoms. The fraction of sp³-hybridized carbons (Fsp3) is 0.250. The number of hydrogen-bond acceptors (Lipinski definition) is 3. The Labute approximate surface area is 135 Å². The van der Waals surface area contributed by atoms with Crippen molar-refractivity contribution in [2.45, 2.75) is 13.3 Å². The summed E-state index contributed by atoms with van der Waals surface area (Å²) in [6.07, 6.45) is 0.960. The second-order valence-electron chi connectivity index (χ2n) is 5.44. The maximum absolute atomic E-state index is 12.6. The molecule has 3 nitrogen and oxygen atoms in total. The van der Waals surface area contributed by atoms with E-state index in [1.807, 2.05) is 55.5 Å². The van der Waals surface area contributed by atoms with Crippen LogP contribution in [0.1, 0.15) is 23.7 Å². The SMILES string of the molecule is CCCOCCOC(=O)c1c2ccccc2cc2ccccc12. The van der Waals surface area contributed by atoms with Crippen molar-refractivity contribution in [1.82, 2.24) is 0 Å². The maximum Gasteiger partial charge on any atom is 0.339 e. The molecule has 0 amide bonds.